The highest BCUT2D eigenvalue weighted by atomic mass is 19.1. The number of urea groups is 1. The molecule has 3 aromatic carbocycles. The molecule has 0 fully saturated rings. The Balaban J connectivity index is 1.56. The average molecular weight is 581 g/mol. The molecule has 3 amide bonds. The van der Waals surface area contributed by atoms with Gasteiger partial charge in [0.05, 0.1) is 26.5 Å². The molecule has 1 aromatic heterocycles. The largest absolute Gasteiger partial charge is 0.493 e. The third-order valence-corrected chi connectivity index (χ3v) is 6.85. The molecule has 0 saturated heterocycles. The van der Waals surface area contributed by atoms with E-state index >= 15 is 0 Å². The van der Waals surface area contributed by atoms with Crippen LogP contribution in [0.3, 0.4) is 0 Å². The molecule has 0 atom stereocenters. The molecule has 0 radical (unpaired) electrons. The molecule has 0 saturated carbocycles. The molecule has 222 valence electrons. The van der Waals surface area contributed by atoms with Gasteiger partial charge in [0.2, 0.25) is 5.91 Å². The molecular weight excluding hydrogens is 546 g/mol. The van der Waals surface area contributed by atoms with Gasteiger partial charge in [-0.1, -0.05) is 24.3 Å². The number of amides is 3. The van der Waals surface area contributed by atoms with E-state index < -0.39 is 17.7 Å². The molecule has 42 heavy (non-hydrogen) atoms. The third kappa shape index (κ3) is 7.55. The van der Waals surface area contributed by atoms with Crippen LogP contribution >= 0.6 is 0 Å². The molecule has 1 heterocycles. The van der Waals surface area contributed by atoms with Crippen molar-refractivity contribution in [1.82, 2.24) is 14.8 Å². The predicted octanol–water partition coefficient (Wildman–Crippen LogP) is 5.22. The summed E-state index contributed by atoms with van der Waals surface area (Å²) in [5.74, 6) is -0.918. The summed E-state index contributed by atoms with van der Waals surface area (Å²) in [5, 5.41) is 3.50. The van der Waals surface area contributed by atoms with Gasteiger partial charge in [0.1, 0.15) is 18.2 Å². The normalized spacial score (nSPS) is 10.9. The van der Waals surface area contributed by atoms with Gasteiger partial charge in [-0.15, -0.1) is 0 Å². The number of carbonyl (C=O) groups is 2. The number of benzene rings is 3. The van der Waals surface area contributed by atoms with Crippen LogP contribution < -0.4 is 14.8 Å². The lowest BCUT2D eigenvalue weighted by atomic mass is 10.1. The van der Waals surface area contributed by atoms with Crippen LogP contribution in [0.15, 0.2) is 66.9 Å². The minimum absolute atomic E-state index is 0.0730. The Hall–Kier alpha value is -4.64. The zero-order valence-electron chi connectivity index (χ0n) is 23.8. The number of methoxy groups -OCH3 is 3. The number of aromatic nitrogens is 1. The van der Waals surface area contributed by atoms with Crippen molar-refractivity contribution in [3.05, 3.63) is 89.6 Å². The standard InChI is InChI=1S/C31H34F2N4O5/c1-40-15-14-37(31(39)35-27-10-9-23(32)17-25(27)33)20-30(38)36(19-21-8-11-28(41-2)29(16-21)42-3)13-12-22-18-34-26-7-5-4-6-24(22)26/h4-11,16-18,34H,12-15,19-20H2,1-3H3,(H,35,39). The molecule has 4 aromatic rings. The van der Waals surface area contributed by atoms with Crippen molar-refractivity contribution < 1.29 is 32.6 Å². The number of nitrogens with zero attached hydrogens (tertiary/aromatic N) is 2. The van der Waals surface area contributed by atoms with Gasteiger partial charge >= 0.3 is 6.03 Å². The van der Waals surface area contributed by atoms with Gasteiger partial charge in [-0.05, 0) is 47.9 Å². The summed E-state index contributed by atoms with van der Waals surface area (Å²) in [4.78, 5) is 33.0. The highest BCUT2D eigenvalue weighted by Crippen LogP contribution is 2.28. The highest BCUT2D eigenvalue weighted by molar-refractivity contribution is 5.92. The molecular formula is C31H34F2N4O5. The number of nitrogens with one attached hydrogen (secondary N) is 2. The number of hydrogen-bond acceptors (Lipinski definition) is 5. The lowest BCUT2D eigenvalue weighted by molar-refractivity contribution is -0.132. The first-order valence-corrected chi connectivity index (χ1v) is 13.4. The van der Waals surface area contributed by atoms with Crippen molar-refractivity contribution in [3.63, 3.8) is 0 Å². The number of carbonyl (C=O) groups excluding carboxylic acids is 2. The van der Waals surface area contributed by atoms with E-state index in [2.05, 4.69) is 10.3 Å². The SMILES string of the molecule is COCCN(CC(=O)N(CCc1c[nH]c2ccccc12)Cc1ccc(OC)c(OC)c1)C(=O)Nc1ccc(F)cc1F. The zero-order chi connectivity index (χ0) is 30.1. The van der Waals surface area contributed by atoms with Crippen LogP contribution in [0.5, 0.6) is 11.5 Å². The van der Waals surface area contributed by atoms with E-state index in [0.29, 0.717) is 30.5 Å². The first-order valence-electron chi connectivity index (χ1n) is 13.4. The number of rotatable bonds is 13. The van der Waals surface area contributed by atoms with Gasteiger partial charge < -0.3 is 34.3 Å². The molecule has 9 nitrogen and oxygen atoms in total. The number of anilines is 1. The molecule has 0 aliphatic rings. The van der Waals surface area contributed by atoms with E-state index in [1.807, 2.05) is 36.5 Å². The number of ether oxygens (including phenoxy) is 3. The van der Waals surface area contributed by atoms with Gasteiger partial charge in [-0.3, -0.25) is 4.79 Å². The number of aromatic amines is 1. The lowest BCUT2D eigenvalue weighted by Crippen LogP contribution is -2.46. The number of halogens is 2. The smallest absolute Gasteiger partial charge is 0.322 e. The molecule has 4 rings (SSSR count). The number of para-hydroxylation sites is 1. The van der Waals surface area contributed by atoms with Crippen LogP contribution in [-0.2, 0) is 22.5 Å². The number of H-pyrrole nitrogens is 1. The fourth-order valence-corrected chi connectivity index (χ4v) is 4.59. The maximum Gasteiger partial charge on any atom is 0.322 e. The number of hydrogen-bond donors (Lipinski definition) is 2. The molecule has 0 unspecified atom stereocenters. The maximum absolute atomic E-state index is 14.2. The molecule has 2 N–H and O–H groups in total. The van der Waals surface area contributed by atoms with E-state index in [0.717, 1.165) is 34.2 Å². The monoisotopic (exact) mass is 580 g/mol. The summed E-state index contributed by atoms with van der Waals surface area (Å²) in [6.45, 7) is 0.537. The van der Waals surface area contributed by atoms with Gasteiger partial charge in [-0.2, -0.15) is 0 Å². The summed E-state index contributed by atoms with van der Waals surface area (Å²) in [7, 11) is 4.56. The first kappa shape index (κ1) is 30.3. The molecule has 0 bridgehead atoms. The second-order valence-electron chi connectivity index (χ2n) is 9.58. The van der Waals surface area contributed by atoms with Gasteiger partial charge in [0.15, 0.2) is 11.5 Å². The Morgan fingerprint density at radius 2 is 1.69 bits per heavy atom. The summed E-state index contributed by atoms with van der Waals surface area (Å²) in [6.07, 6.45) is 2.49. The van der Waals surface area contributed by atoms with Crippen LogP contribution in [0.2, 0.25) is 0 Å². The highest BCUT2D eigenvalue weighted by Gasteiger charge is 2.23. The summed E-state index contributed by atoms with van der Waals surface area (Å²) < 4.78 is 43.5. The zero-order valence-corrected chi connectivity index (χ0v) is 23.8. The van der Waals surface area contributed by atoms with Crippen molar-refractivity contribution in [3.8, 4) is 11.5 Å². The van der Waals surface area contributed by atoms with Crippen molar-refractivity contribution in [1.29, 1.82) is 0 Å². The fourth-order valence-electron chi connectivity index (χ4n) is 4.59. The van der Waals surface area contributed by atoms with Crippen molar-refractivity contribution in [2.45, 2.75) is 13.0 Å². The molecule has 11 heteroatoms. The Morgan fingerprint density at radius 1 is 0.905 bits per heavy atom. The van der Waals surface area contributed by atoms with Crippen molar-refractivity contribution in [2.24, 2.45) is 0 Å². The molecule has 0 aliphatic heterocycles. The third-order valence-electron chi connectivity index (χ3n) is 6.85. The summed E-state index contributed by atoms with van der Waals surface area (Å²) in [6, 6.07) is 15.5. The minimum atomic E-state index is -0.921. The molecule has 0 aliphatic carbocycles. The van der Waals surface area contributed by atoms with Crippen LogP contribution in [0.25, 0.3) is 10.9 Å². The second kappa shape index (κ2) is 14.3. The van der Waals surface area contributed by atoms with Crippen molar-refractivity contribution in [2.75, 3.05) is 52.9 Å². The van der Waals surface area contributed by atoms with E-state index in [1.165, 1.54) is 19.1 Å². The molecule has 0 spiro atoms. The fraction of sp³-hybridized carbons (Fsp3) is 0.290. The summed E-state index contributed by atoms with van der Waals surface area (Å²) in [5.41, 5.74) is 2.66. The van der Waals surface area contributed by atoms with E-state index in [-0.39, 0.29) is 37.8 Å². The quantitative estimate of drug-likeness (QED) is 0.226. The van der Waals surface area contributed by atoms with Crippen LogP contribution in [0, 0.1) is 11.6 Å². The van der Waals surface area contributed by atoms with E-state index in [9.17, 15) is 18.4 Å². The van der Waals surface area contributed by atoms with Crippen LogP contribution in [0.1, 0.15) is 11.1 Å². The Labute approximate surface area is 243 Å². The average Bonchev–Trinajstić information content (AvgIpc) is 3.41. The van der Waals surface area contributed by atoms with Crippen LogP contribution in [0.4, 0.5) is 19.3 Å². The Morgan fingerprint density at radius 3 is 2.43 bits per heavy atom. The number of fused-ring (bicyclic) bond motifs is 1. The van der Waals surface area contributed by atoms with Crippen molar-refractivity contribution >= 4 is 28.5 Å². The van der Waals surface area contributed by atoms with Gasteiger partial charge in [0.25, 0.3) is 0 Å². The summed E-state index contributed by atoms with van der Waals surface area (Å²) >= 11 is 0. The topological polar surface area (TPSA) is 96.1 Å². The van der Waals surface area contributed by atoms with Gasteiger partial charge in [0, 0.05) is 49.9 Å². The minimum Gasteiger partial charge on any atom is -0.493 e. The predicted molar refractivity (Wildman–Crippen MR) is 156 cm³/mol. The van der Waals surface area contributed by atoms with E-state index in [4.69, 9.17) is 14.2 Å². The van der Waals surface area contributed by atoms with Crippen LogP contribution in [-0.4, -0.2) is 74.3 Å². The maximum atomic E-state index is 14.2. The van der Waals surface area contributed by atoms with Gasteiger partial charge in [-0.25, -0.2) is 13.6 Å². The Bertz CT molecular complexity index is 1530. The first-order chi connectivity index (χ1) is 20.3. The van der Waals surface area contributed by atoms with E-state index in [1.54, 1.807) is 24.1 Å². The second-order valence-corrected chi connectivity index (χ2v) is 9.58. The lowest BCUT2D eigenvalue weighted by Gasteiger charge is -2.28. The Kier molecular flexibility index (Phi) is 10.3.